The molecule has 0 unspecified atom stereocenters. The van der Waals surface area contributed by atoms with Crippen molar-refractivity contribution in [3.8, 4) is 0 Å². The Morgan fingerprint density at radius 2 is 1.84 bits per heavy atom. The van der Waals surface area contributed by atoms with E-state index in [4.69, 9.17) is 4.42 Å². The summed E-state index contributed by atoms with van der Waals surface area (Å²) >= 11 is -0.526. The van der Waals surface area contributed by atoms with Crippen LogP contribution in [-0.2, 0) is 0 Å². The van der Waals surface area contributed by atoms with Gasteiger partial charge in [0.05, 0.1) is 0 Å². The number of furan rings is 1. The number of carbonyl (C=O) groups excluding carboxylic acids is 1. The Kier molecular flexibility index (Phi) is 3.68. The van der Waals surface area contributed by atoms with Crippen LogP contribution in [0.5, 0.6) is 0 Å². The second-order valence-corrected chi connectivity index (χ2v) is 7.07. The minimum absolute atomic E-state index is 0.111. The van der Waals surface area contributed by atoms with Crippen LogP contribution in [-0.4, -0.2) is 26.7 Å². The van der Waals surface area contributed by atoms with E-state index in [2.05, 4.69) is 30.3 Å². The molecule has 1 aromatic heterocycles. The van der Waals surface area contributed by atoms with E-state index in [0.717, 1.165) is 0 Å². The van der Waals surface area contributed by atoms with Crippen molar-refractivity contribution in [2.24, 2.45) is 0 Å². The Labute approximate surface area is 121 Å². The molecule has 0 atom stereocenters. The third kappa shape index (κ3) is 2.73. The van der Waals surface area contributed by atoms with Gasteiger partial charge in [-0.3, -0.25) is 0 Å². The molecule has 0 radical (unpaired) electrons. The molecule has 0 fully saturated rings. The molecule has 2 nitrogen and oxygen atoms in total. The summed E-state index contributed by atoms with van der Waals surface area (Å²) in [6.07, 6.45) is 1.55. The van der Waals surface area contributed by atoms with Crippen molar-refractivity contribution < 1.29 is 9.21 Å². The summed E-state index contributed by atoms with van der Waals surface area (Å²) in [7, 11) is 0. The zero-order valence-corrected chi connectivity index (χ0v) is 12.5. The van der Waals surface area contributed by atoms with E-state index in [1.54, 1.807) is 18.4 Å². The second kappa shape index (κ2) is 5.61. The first-order chi connectivity index (χ1) is 9.34. The van der Waals surface area contributed by atoms with Crippen LogP contribution >= 0.6 is 0 Å². The third-order valence-electron chi connectivity index (χ3n) is 2.90. The fraction of sp³-hybridized carbons (Fsp3) is 0.0625. The fourth-order valence-electron chi connectivity index (χ4n) is 1.97. The third-order valence-corrected chi connectivity index (χ3v) is 5.97. The van der Waals surface area contributed by atoms with Crippen LogP contribution in [0, 0.1) is 0 Å². The summed E-state index contributed by atoms with van der Waals surface area (Å²) in [5.74, 6) is 0.589. The number of rotatable bonds is 4. The molecule has 0 amide bonds. The van der Waals surface area contributed by atoms with E-state index in [9.17, 15) is 4.79 Å². The molecule has 19 heavy (non-hydrogen) atoms. The van der Waals surface area contributed by atoms with E-state index in [0.29, 0.717) is 10.2 Å². The zero-order chi connectivity index (χ0) is 13.1. The van der Waals surface area contributed by atoms with Crippen molar-refractivity contribution >= 4 is 41.1 Å². The van der Waals surface area contributed by atoms with Gasteiger partial charge in [-0.1, -0.05) is 0 Å². The van der Waals surface area contributed by atoms with Crippen LogP contribution in [0.2, 0.25) is 4.47 Å². The average molecular weight is 364 g/mol. The molecule has 1 heterocycles. The van der Waals surface area contributed by atoms with Crippen LogP contribution < -0.4 is 3.61 Å². The van der Waals surface area contributed by atoms with Gasteiger partial charge in [0.2, 0.25) is 0 Å². The summed E-state index contributed by atoms with van der Waals surface area (Å²) in [4.78, 5) is 12.0. The van der Waals surface area contributed by atoms with Crippen molar-refractivity contribution in [1.29, 1.82) is 0 Å². The van der Waals surface area contributed by atoms with E-state index in [-0.39, 0.29) is 5.78 Å². The zero-order valence-electron chi connectivity index (χ0n) is 10.2. The standard InChI is InChI=1S/C16H12O2Te/c17-14(15-8-4-10-18-15)11-19-16-9-3-6-12-5-1-2-7-13(12)16/h1-10H,11H2. The topological polar surface area (TPSA) is 30.2 Å². The Morgan fingerprint density at radius 1 is 1.00 bits per heavy atom. The van der Waals surface area contributed by atoms with Crippen molar-refractivity contribution in [3.05, 3.63) is 66.6 Å². The Bertz CT molecular complexity index is 696. The molecule has 0 saturated carbocycles. The first-order valence-electron chi connectivity index (χ1n) is 6.02. The van der Waals surface area contributed by atoms with E-state index < -0.39 is 20.9 Å². The molecule has 0 saturated heterocycles. The molecule has 2 aromatic carbocycles. The summed E-state index contributed by atoms with van der Waals surface area (Å²) in [6, 6.07) is 18.1. The van der Waals surface area contributed by atoms with Crippen LogP contribution in [0.1, 0.15) is 10.6 Å². The van der Waals surface area contributed by atoms with Crippen LogP contribution in [0.3, 0.4) is 0 Å². The van der Waals surface area contributed by atoms with Gasteiger partial charge >= 0.3 is 121 Å². The molecule has 0 aliphatic carbocycles. The molecule has 0 bridgehead atoms. The average Bonchev–Trinajstić information content (AvgIpc) is 2.99. The Hall–Kier alpha value is -1.56. The fourth-order valence-corrected chi connectivity index (χ4v) is 4.67. The predicted molar refractivity (Wildman–Crippen MR) is 77.2 cm³/mol. The molecular formula is C16H12O2Te. The summed E-state index contributed by atoms with van der Waals surface area (Å²) in [6.45, 7) is 0. The van der Waals surface area contributed by atoms with Crippen molar-refractivity contribution in [2.75, 3.05) is 0 Å². The SMILES string of the molecule is O=C(C[Te]c1cccc2ccccc12)c1ccco1. The van der Waals surface area contributed by atoms with Gasteiger partial charge in [0.25, 0.3) is 0 Å². The number of carbonyl (C=O) groups is 1. The second-order valence-electron chi connectivity index (χ2n) is 4.17. The molecule has 0 N–H and O–H groups in total. The predicted octanol–water partition coefficient (Wildman–Crippen LogP) is 3.06. The van der Waals surface area contributed by atoms with Crippen LogP contribution in [0.25, 0.3) is 10.8 Å². The minimum atomic E-state index is -0.526. The van der Waals surface area contributed by atoms with Crippen molar-refractivity contribution in [1.82, 2.24) is 0 Å². The van der Waals surface area contributed by atoms with Gasteiger partial charge in [-0.15, -0.1) is 0 Å². The van der Waals surface area contributed by atoms with Crippen LogP contribution in [0.4, 0.5) is 0 Å². The Morgan fingerprint density at radius 3 is 2.68 bits per heavy atom. The Balaban J connectivity index is 1.81. The van der Waals surface area contributed by atoms with Gasteiger partial charge in [-0.05, 0) is 0 Å². The van der Waals surface area contributed by atoms with Gasteiger partial charge in [0.1, 0.15) is 0 Å². The summed E-state index contributed by atoms with van der Waals surface area (Å²) < 4.78 is 7.08. The van der Waals surface area contributed by atoms with E-state index in [1.165, 1.54) is 14.4 Å². The molecule has 0 aliphatic heterocycles. The van der Waals surface area contributed by atoms with Gasteiger partial charge in [-0.2, -0.15) is 0 Å². The molecule has 3 aromatic rings. The van der Waals surface area contributed by atoms with E-state index >= 15 is 0 Å². The molecule has 3 rings (SSSR count). The van der Waals surface area contributed by atoms with Gasteiger partial charge in [0.15, 0.2) is 0 Å². The normalized spacial score (nSPS) is 10.7. The maximum atomic E-state index is 12.0. The number of hydrogen-bond acceptors (Lipinski definition) is 2. The first-order valence-corrected chi connectivity index (χ1v) is 8.83. The first kappa shape index (κ1) is 12.5. The molecule has 94 valence electrons. The number of Topliss-reactive ketones (excluding diaryl/α,β-unsaturated/α-hetero) is 1. The van der Waals surface area contributed by atoms with Crippen molar-refractivity contribution in [3.63, 3.8) is 0 Å². The molecule has 0 spiro atoms. The summed E-state index contributed by atoms with van der Waals surface area (Å²) in [5, 5.41) is 2.52. The number of benzene rings is 2. The quantitative estimate of drug-likeness (QED) is 0.527. The number of fused-ring (bicyclic) bond motifs is 1. The maximum absolute atomic E-state index is 12.0. The van der Waals surface area contributed by atoms with E-state index in [1.807, 2.05) is 12.1 Å². The van der Waals surface area contributed by atoms with Crippen LogP contribution in [0.15, 0.2) is 65.3 Å². The monoisotopic (exact) mass is 366 g/mol. The molecule has 3 heteroatoms. The van der Waals surface area contributed by atoms with Gasteiger partial charge < -0.3 is 0 Å². The molecular weight excluding hydrogens is 352 g/mol. The summed E-state index contributed by atoms with van der Waals surface area (Å²) in [5.41, 5.74) is 0. The van der Waals surface area contributed by atoms with Gasteiger partial charge in [0, 0.05) is 0 Å². The van der Waals surface area contributed by atoms with Gasteiger partial charge in [-0.25, -0.2) is 0 Å². The molecule has 0 aliphatic rings. The van der Waals surface area contributed by atoms with Crippen molar-refractivity contribution in [2.45, 2.75) is 4.47 Å². The number of ketones is 1. The number of hydrogen-bond donors (Lipinski definition) is 0.